The summed E-state index contributed by atoms with van der Waals surface area (Å²) in [6.07, 6.45) is 10.7. The van der Waals surface area contributed by atoms with Crippen molar-refractivity contribution in [3.05, 3.63) is 59.2 Å². The molecule has 2 aliphatic heterocycles. The van der Waals surface area contributed by atoms with E-state index in [4.69, 9.17) is 4.74 Å². The Hall–Kier alpha value is -2.54. The van der Waals surface area contributed by atoms with Crippen LogP contribution in [0.15, 0.2) is 42.5 Å². The molecular weight excluding hydrogens is 496 g/mol. The van der Waals surface area contributed by atoms with Crippen LogP contribution in [0.4, 0.5) is 5.69 Å². The summed E-state index contributed by atoms with van der Waals surface area (Å²) in [5.41, 5.74) is 3.98. The monoisotopic (exact) mass is 536 g/mol. The number of aryl methyl sites for hydroxylation is 1. The highest BCUT2D eigenvalue weighted by Gasteiger charge is 2.45. The molecule has 2 heterocycles. The summed E-state index contributed by atoms with van der Waals surface area (Å²) < 4.78 is 34.2. The van der Waals surface area contributed by atoms with Gasteiger partial charge in [0.05, 0.1) is 18.0 Å². The summed E-state index contributed by atoms with van der Waals surface area (Å²) >= 11 is 0. The van der Waals surface area contributed by atoms with Gasteiger partial charge in [-0.3, -0.25) is 4.79 Å². The number of ether oxygens (including phenoxy) is 1. The van der Waals surface area contributed by atoms with Crippen LogP contribution in [0.2, 0.25) is 0 Å². The molecule has 6 rings (SSSR count). The summed E-state index contributed by atoms with van der Waals surface area (Å²) in [7, 11) is -3.67. The molecular formula is C31H40N2O4S. The molecule has 1 saturated carbocycles. The lowest BCUT2D eigenvalue weighted by atomic mass is 9.66. The van der Waals surface area contributed by atoms with E-state index < -0.39 is 15.9 Å². The maximum atomic E-state index is 13.1. The van der Waals surface area contributed by atoms with E-state index in [1.807, 2.05) is 12.1 Å². The minimum absolute atomic E-state index is 0.00999. The smallest absolute Gasteiger partial charge is 0.264 e. The zero-order chi connectivity index (χ0) is 26.3. The van der Waals surface area contributed by atoms with Crippen LogP contribution >= 0.6 is 0 Å². The van der Waals surface area contributed by atoms with E-state index in [1.54, 1.807) is 6.07 Å². The molecule has 38 heavy (non-hydrogen) atoms. The van der Waals surface area contributed by atoms with Gasteiger partial charge in [0, 0.05) is 23.6 Å². The van der Waals surface area contributed by atoms with Crippen molar-refractivity contribution in [3.8, 4) is 5.75 Å². The third-order valence-electron chi connectivity index (χ3n) is 9.77. The van der Waals surface area contributed by atoms with Crippen molar-refractivity contribution in [1.82, 2.24) is 4.72 Å². The number of nitrogens with zero attached hydrogens (tertiary/aromatic N) is 1. The van der Waals surface area contributed by atoms with Crippen LogP contribution in [0.3, 0.4) is 0 Å². The fourth-order valence-electron chi connectivity index (χ4n) is 7.49. The lowest BCUT2D eigenvalue weighted by Crippen LogP contribution is -2.52. The molecule has 2 aromatic carbocycles. The highest BCUT2D eigenvalue weighted by molar-refractivity contribution is 7.90. The molecule has 204 valence electrons. The average molecular weight is 537 g/mol. The van der Waals surface area contributed by atoms with Gasteiger partial charge in [-0.2, -0.15) is 0 Å². The number of rotatable bonds is 0. The van der Waals surface area contributed by atoms with Crippen LogP contribution in [-0.2, 0) is 21.9 Å². The van der Waals surface area contributed by atoms with Crippen LogP contribution in [-0.4, -0.2) is 39.3 Å². The first-order valence-electron chi connectivity index (χ1n) is 14.5. The Morgan fingerprint density at radius 2 is 1.84 bits per heavy atom. The van der Waals surface area contributed by atoms with Gasteiger partial charge < -0.3 is 9.64 Å². The van der Waals surface area contributed by atoms with Crippen LogP contribution < -0.4 is 14.4 Å². The molecule has 4 unspecified atom stereocenters. The van der Waals surface area contributed by atoms with Crippen LogP contribution in [0.5, 0.6) is 5.75 Å². The molecule has 4 aliphatic rings. The molecule has 1 amide bonds. The first-order chi connectivity index (χ1) is 18.4. The number of carbonyl (C=O) groups is 1. The van der Waals surface area contributed by atoms with Crippen molar-refractivity contribution in [2.75, 3.05) is 23.8 Å². The Morgan fingerprint density at radius 3 is 2.68 bits per heavy atom. The summed E-state index contributed by atoms with van der Waals surface area (Å²) in [5.74, 6) is 1.53. The molecule has 1 fully saturated rings. The Kier molecular flexibility index (Phi) is 6.91. The highest BCUT2D eigenvalue weighted by atomic mass is 32.2. The summed E-state index contributed by atoms with van der Waals surface area (Å²) in [5, 5.41) is 0. The third-order valence-corrected chi connectivity index (χ3v) is 11.1. The van der Waals surface area contributed by atoms with Crippen molar-refractivity contribution in [3.63, 3.8) is 0 Å². The van der Waals surface area contributed by atoms with Crippen molar-refractivity contribution >= 4 is 21.6 Å². The normalized spacial score (nSPS) is 31.1. The Labute approximate surface area is 227 Å². The number of benzene rings is 2. The van der Waals surface area contributed by atoms with Gasteiger partial charge in [-0.25, -0.2) is 13.1 Å². The predicted molar refractivity (Wildman–Crippen MR) is 150 cm³/mol. The van der Waals surface area contributed by atoms with E-state index in [-0.39, 0.29) is 11.2 Å². The number of hydrogen-bond donors (Lipinski definition) is 1. The minimum Gasteiger partial charge on any atom is -0.490 e. The molecule has 0 radical (unpaired) electrons. The molecule has 2 bridgehead atoms. The first kappa shape index (κ1) is 25.7. The predicted octanol–water partition coefficient (Wildman–Crippen LogP) is 5.60. The second-order valence-corrected chi connectivity index (χ2v) is 13.9. The largest absolute Gasteiger partial charge is 0.490 e. The zero-order valence-corrected chi connectivity index (χ0v) is 23.3. The van der Waals surface area contributed by atoms with Gasteiger partial charge in [0.25, 0.3) is 5.91 Å². The van der Waals surface area contributed by atoms with E-state index in [1.165, 1.54) is 30.4 Å². The molecule has 7 heteroatoms. The number of anilines is 1. The fraction of sp³-hybridized carbons (Fsp3) is 0.581. The van der Waals surface area contributed by atoms with Gasteiger partial charge >= 0.3 is 0 Å². The van der Waals surface area contributed by atoms with E-state index in [9.17, 15) is 13.2 Å². The first-order valence-corrected chi connectivity index (χ1v) is 16.2. The van der Waals surface area contributed by atoms with E-state index >= 15 is 0 Å². The molecule has 2 aliphatic carbocycles. The lowest BCUT2D eigenvalue weighted by Gasteiger charge is -2.49. The van der Waals surface area contributed by atoms with Gasteiger partial charge in [0.2, 0.25) is 10.0 Å². The standard InChI is InChI=1S/C31H40N2O4S/c1-22-26-15-13-23(26)9-4-2-3-7-18-38(35,36)32-30(34)25-14-16-29-28(19-25)33(22)20-31(21-37-29)17-8-11-24-10-5-6-12-27(24)31/h5-6,10,12,14,16,19,22-23,26H,2-4,7-9,11,13,15,17-18,20-21H2,1H3,(H,32,34). The molecule has 1 N–H and O–H groups in total. The van der Waals surface area contributed by atoms with Gasteiger partial charge in [0.15, 0.2) is 0 Å². The lowest BCUT2D eigenvalue weighted by molar-refractivity contribution is 0.0981. The summed E-state index contributed by atoms with van der Waals surface area (Å²) in [4.78, 5) is 15.6. The Balaban J connectivity index is 1.42. The number of hydrogen-bond acceptors (Lipinski definition) is 5. The fourth-order valence-corrected chi connectivity index (χ4v) is 8.57. The topological polar surface area (TPSA) is 75.7 Å². The Morgan fingerprint density at radius 1 is 1.00 bits per heavy atom. The number of sulfonamides is 1. The van der Waals surface area contributed by atoms with Gasteiger partial charge in [-0.15, -0.1) is 0 Å². The maximum absolute atomic E-state index is 13.1. The summed E-state index contributed by atoms with van der Waals surface area (Å²) in [6, 6.07) is 14.6. The van der Waals surface area contributed by atoms with Gasteiger partial charge in [0.1, 0.15) is 5.75 Å². The van der Waals surface area contributed by atoms with E-state index in [0.717, 1.165) is 56.5 Å². The highest BCUT2D eigenvalue weighted by Crippen LogP contribution is 2.48. The maximum Gasteiger partial charge on any atom is 0.264 e. The molecule has 6 nitrogen and oxygen atoms in total. The third kappa shape index (κ3) is 4.83. The number of amides is 1. The van der Waals surface area contributed by atoms with E-state index in [2.05, 4.69) is 40.8 Å². The second kappa shape index (κ2) is 10.2. The SMILES string of the molecule is CC1C2CCC2CCCCCCS(=O)(=O)NC(=O)c2ccc3c(c2)N1CC1(CCCc2ccccc21)CO3. The van der Waals surface area contributed by atoms with Crippen molar-refractivity contribution in [2.45, 2.75) is 82.6 Å². The zero-order valence-electron chi connectivity index (χ0n) is 22.5. The molecule has 2 aromatic rings. The van der Waals surface area contributed by atoms with Crippen molar-refractivity contribution in [1.29, 1.82) is 0 Å². The number of fused-ring (bicyclic) bond motifs is 4. The van der Waals surface area contributed by atoms with Crippen LogP contribution in [0.1, 0.15) is 86.2 Å². The number of carbonyl (C=O) groups excluding carboxylic acids is 1. The van der Waals surface area contributed by atoms with Gasteiger partial charge in [-0.05, 0) is 86.6 Å². The van der Waals surface area contributed by atoms with Gasteiger partial charge in [-0.1, -0.05) is 49.9 Å². The molecule has 1 spiro atoms. The number of nitrogens with one attached hydrogen (secondary N) is 1. The van der Waals surface area contributed by atoms with Crippen molar-refractivity contribution < 1.29 is 17.9 Å². The van der Waals surface area contributed by atoms with Crippen molar-refractivity contribution in [2.24, 2.45) is 11.8 Å². The quantitative estimate of drug-likeness (QED) is 0.475. The molecule has 0 aromatic heterocycles. The molecule has 0 saturated heterocycles. The summed E-state index contributed by atoms with van der Waals surface area (Å²) in [6.45, 7) is 3.80. The minimum atomic E-state index is -3.67. The van der Waals surface area contributed by atoms with Crippen LogP contribution in [0, 0.1) is 11.8 Å². The van der Waals surface area contributed by atoms with E-state index in [0.29, 0.717) is 36.5 Å². The second-order valence-electron chi connectivity index (χ2n) is 12.1. The van der Waals surface area contributed by atoms with Crippen LogP contribution in [0.25, 0.3) is 0 Å². The Bertz CT molecular complexity index is 1310. The average Bonchev–Trinajstić information content (AvgIpc) is 3.04. The molecule has 4 atom stereocenters.